The highest BCUT2D eigenvalue weighted by molar-refractivity contribution is 6.09. The minimum absolute atomic E-state index is 0.224. The number of carboxylic acid groups (broad SMARTS) is 1. The van der Waals surface area contributed by atoms with Crippen LogP contribution in [-0.2, 0) is 24.8 Å². The first kappa shape index (κ1) is 20.5. The van der Waals surface area contributed by atoms with Crippen molar-refractivity contribution in [1.29, 1.82) is 0 Å². The third-order valence-electron chi connectivity index (χ3n) is 5.54. The van der Waals surface area contributed by atoms with Gasteiger partial charge in [0.1, 0.15) is 18.2 Å². The van der Waals surface area contributed by atoms with Crippen molar-refractivity contribution in [1.82, 2.24) is 9.13 Å². The molecule has 31 heavy (non-hydrogen) atoms. The summed E-state index contributed by atoms with van der Waals surface area (Å²) in [4.78, 5) is 24.1. The van der Waals surface area contributed by atoms with Gasteiger partial charge in [-0.25, -0.2) is 8.78 Å². The number of nitrogens with zero attached hydrogens (tertiary/aromatic N) is 2. The van der Waals surface area contributed by atoms with Crippen LogP contribution >= 0.6 is 0 Å². The standard InChI is InChI=1S/C24H20F2N2O3/c1-14-20(21-10-18(26)7-8-22(21)28(14)13-23(29)30)11-19-9-16(12-27(19)2)24(31)15-3-5-17(25)6-4-15/h3-10,12H,11,13H2,1-2H3,(H,29,30). The molecule has 2 aromatic heterocycles. The van der Waals surface area contributed by atoms with Crippen LogP contribution in [0.3, 0.4) is 0 Å². The summed E-state index contributed by atoms with van der Waals surface area (Å²) in [6.45, 7) is 1.58. The molecule has 0 aliphatic carbocycles. The van der Waals surface area contributed by atoms with E-state index in [9.17, 15) is 23.5 Å². The van der Waals surface area contributed by atoms with Crippen LogP contribution in [0.1, 0.15) is 32.9 Å². The van der Waals surface area contributed by atoms with E-state index in [4.69, 9.17) is 0 Å². The number of aromatic nitrogens is 2. The fraction of sp³-hybridized carbons (Fsp3) is 0.167. The number of hydrogen-bond donors (Lipinski definition) is 1. The molecule has 4 rings (SSSR count). The van der Waals surface area contributed by atoms with E-state index in [1.54, 1.807) is 22.9 Å². The maximum atomic E-state index is 14.0. The van der Waals surface area contributed by atoms with Crippen LogP contribution < -0.4 is 0 Å². The monoisotopic (exact) mass is 422 g/mol. The number of hydrogen-bond acceptors (Lipinski definition) is 2. The molecule has 0 aliphatic rings. The van der Waals surface area contributed by atoms with E-state index in [0.29, 0.717) is 28.5 Å². The number of ketones is 1. The maximum Gasteiger partial charge on any atom is 0.323 e. The molecule has 0 unspecified atom stereocenters. The molecule has 5 nitrogen and oxygen atoms in total. The highest BCUT2D eigenvalue weighted by Gasteiger charge is 2.19. The van der Waals surface area contributed by atoms with E-state index < -0.39 is 17.6 Å². The smallest absolute Gasteiger partial charge is 0.323 e. The number of benzene rings is 2. The van der Waals surface area contributed by atoms with Gasteiger partial charge in [0.2, 0.25) is 0 Å². The molecular formula is C24H20F2N2O3. The Hall–Kier alpha value is -3.74. The van der Waals surface area contributed by atoms with Gasteiger partial charge < -0.3 is 14.2 Å². The average molecular weight is 422 g/mol. The average Bonchev–Trinajstić information content (AvgIpc) is 3.21. The Labute approximate surface area is 177 Å². The molecule has 4 aromatic rings. The normalized spacial score (nSPS) is 11.2. The van der Waals surface area contributed by atoms with Crippen LogP contribution in [0.2, 0.25) is 0 Å². The molecule has 0 saturated carbocycles. The lowest BCUT2D eigenvalue weighted by Gasteiger charge is -2.06. The van der Waals surface area contributed by atoms with E-state index in [1.165, 1.54) is 36.4 Å². The maximum absolute atomic E-state index is 14.0. The molecule has 0 aliphatic heterocycles. The van der Waals surface area contributed by atoms with Gasteiger partial charge in [0, 0.05) is 53.1 Å². The van der Waals surface area contributed by atoms with Crippen LogP contribution in [0.15, 0.2) is 54.7 Å². The fourth-order valence-electron chi connectivity index (χ4n) is 3.95. The van der Waals surface area contributed by atoms with Gasteiger partial charge in [-0.3, -0.25) is 9.59 Å². The van der Waals surface area contributed by atoms with Crippen molar-refractivity contribution in [3.8, 4) is 0 Å². The quantitative estimate of drug-likeness (QED) is 0.466. The first-order chi connectivity index (χ1) is 14.7. The van der Waals surface area contributed by atoms with Crippen LogP contribution in [0.25, 0.3) is 10.9 Å². The summed E-state index contributed by atoms with van der Waals surface area (Å²) in [5, 5.41) is 9.92. The highest BCUT2D eigenvalue weighted by atomic mass is 19.1. The number of carbonyl (C=O) groups is 2. The third-order valence-corrected chi connectivity index (χ3v) is 5.54. The van der Waals surface area contributed by atoms with E-state index in [1.807, 2.05) is 18.5 Å². The predicted octanol–water partition coefficient (Wildman–Crippen LogP) is 4.47. The summed E-state index contributed by atoms with van der Waals surface area (Å²) in [6.07, 6.45) is 2.10. The van der Waals surface area contributed by atoms with Crippen LogP contribution in [-0.4, -0.2) is 26.0 Å². The predicted molar refractivity (Wildman–Crippen MR) is 112 cm³/mol. The Morgan fingerprint density at radius 1 is 0.968 bits per heavy atom. The molecule has 2 aromatic carbocycles. The number of carboxylic acids is 1. The zero-order chi connectivity index (χ0) is 22.3. The van der Waals surface area contributed by atoms with Crippen molar-refractivity contribution in [3.05, 3.63) is 94.4 Å². The van der Waals surface area contributed by atoms with Crippen molar-refractivity contribution < 1.29 is 23.5 Å². The highest BCUT2D eigenvalue weighted by Crippen LogP contribution is 2.29. The fourth-order valence-corrected chi connectivity index (χ4v) is 3.95. The van der Waals surface area contributed by atoms with Crippen molar-refractivity contribution >= 4 is 22.7 Å². The Balaban J connectivity index is 1.74. The lowest BCUT2D eigenvalue weighted by atomic mass is 10.0. The number of halogens is 2. The molecule has 158 valence electrons. The lowest BCUT2D eigenvalue weighted by Crippen LogP contribution is -2.10. The number of aryl methyl sites for hydroxylation is 1. The summed E-state index contributed by atoms with van der Waals surface area (Å²) >= 11 is 0. The molecule has 0 radical (unpaired) electrons. The lowest BCUT2D eigenvalue weighted by molar-refractivity contribution is -0.137. The molecule has 0 atom stereocenters. The van der Waals surface area contributed by atoms with E-state index in [0.717, 1.165) is 17.0 Å². The van der Waals surface area contributed by atoms with Gasteiger partial charge in [-0.05, 0) is 61.0 Å². The van der Waals surface area contributed by atoms with Crippen LogP contribution in [0.4, 0.5) is 8.78 Å². The molecule has 7 heteroatoms. The van der Waals surface area contributed by atoms with Crippen molar-refractivity contribution in [2.75, 3.05) is 0 Å². The first-order valence-corrected chi connectivity index (χ1v) is 9.69. The summed E-state index contributed by atoms with van der Waals surface area (Å²) in [7, 11) is 1.81. The van der Waals surface area contributed by atoms with E-state index >= 15 is 0 Å². The largest absolute Gasteiger partial charge is 0.480 e. The topological polar surface area (TPSA) is 64.2 Å². The molecule has 0 bridgehead atoms. The van der Waals surface area contributed by atoms with Gasteiger partial charge in [-0.2, -0.15) is 0 Å². The Morgan fingerprint density at radius 2 is 1.65 bits per heavy atom. The van der Waals surface area contributed by atoms with E-state index in [-0.39, 0.29) is 12.3 Å². The van der Waals surface area contributed by atoms with Gasteiger partial charge in [0.25, 0.3) is 0 Å². The second-order valence-corrected chi connectivity index (χ2v) is 7.55. The summed E-state index contributed by atoms with van der Waals surface area (Å²) in [6, 6.07) is 11.4. The molecule has 0 spiro atoms. The van der Waals surface area contributed by atoms with Crippen molar-refractivity contribution in [3.63, 3.8) is 0 Å². The zero-order valence-electron chi connectivity index (χ0n) is 17.0. The second-order valence-electron chi connectivity index (χ2n) is 7.55. The molecule has 0 saturated heterocycles. The van der Waals surface area contributed by atoms with Gasteiger partial charge >= 0.3 is 5.97 Å². The van der Waals surface area contributed by atoms with Gasteiger partial charge in [0.05, 0.1) is 0 Å². The molecular weight excluding hydrogens is 402 g/mol. The number of fused-ring (bicyclic) bond motifs is 1. The Kier molecular flexibility index (Phi) is 5.19. The molecule has 0 fully saturated rings. The van der Waals surface area contributed by atoms with Gasteiger partial charge in [0.15, 0.2) is 5.78 Å². The summed E-state index contributed by atoms with van der Waals surface area (Å²) in [5.41, 5.74) is 3.84. The minimum Gasteiger partial charge on any atom is -0.480 e. The molecule has 0 amide bonds. The summed E-state index contributed by atoms with van der Waals surface area (Å²) < 4.78 is 30.6. The van der Waals surface area contributed by atoms with E-state index in [2.05, 4.69) is 0 Å². The van der Waals surface area contributed by atoms with Gasteiger partial charge in [-0.15, -0.1) is 0 Å². The molecule has 1 N–H and O–H groups in total. The Bertz CT molecular complexity index is 1320. The van der Waals surface area contributed by atoms with Crippen molar-refractivity contribution in [2.24, 2.45) is 7.05 Å². The SMILES string of the molecule is Cc1c(Cc2cc(C(=O)c3ccc(F)cc3)cn2C)c2cc(F)ccc2n1CC(=O)O. The van der Waals surface area contributed by atoms with Crippen LogP contribution in [0, 0.1) is 18.6 Å². The summed E-state index contributed by atoms with van der Waals surface area (Å²) in [5.74, 6) is -2.02. The third kappa shape index (κ3) is 3.86. The second kappa shape index (κ2) is 7.83. The zero-order valence-corrected chi connectivity index (χ0v) is 17.0. The number of aliphatic carboxylic acids is 1. The molecule has 2 heterocycles. The number of carbonyl (C=O) groups excluding carboxylic acids is 1. The number of rotatable bonds is 6. The van der Waals surface area contributed by atoms with Crippen molar-refractivity contribution in [2.45, 2.75) is 19.9 Å². The first-order valence-electron chi connectivity index (χ1n) is 9.69. The van der Waals surface area contributed by atoms with Crippen LogP contribution in [0.5, 0.6) is 0 Å². The van der Waals surface area contributed by atoms with Gasteiger partial charge in [-0.1, -0.05) is 0 Å². The minimum atomic E-state index is -0.984. The Morgan fingerprint density at radius 3 is 2.32 bits per heavy atom.